The van der Waals surface area contributed by atoms with E-state index in [2.05, 4.69) is 15.2 Å². The first kappa shape index (κ1) is 38.6. The van der Waals surface area contributed by atoms with Crippen molar-refractivity contribution in [2.24, 2.45) is 11.8 Å². The maximum Gasteiger partial charge on any atom is 0.387 e. The van der Waals surface area contributed by atoms with E-state index in [0.717, 1.165) is 50.9 Å². The van der Waals surface area contributed by atoms with Gasteiger partial charge in [0, 0.05) is 37.1 Å². The summed E-state index contributed by atoms with van der Waals surface area (Å²) < 4.78 is 55.0. The van der Waals surface area contributed by atoms with Crippen LogP contribution in [0.2, 0.25) is 10.0 Å². The molecule has 4 fully saturated rings. The predicted octanol–water partition coefficient (Wildman–Crippen LogP) is 8.48. The summed E-state index contributed by atoms with van der Waals surface area (Å²) in [7, 11) is 0. The summed E-state index contributed by atoms with van der Waals surface area (Å²) in [6, 6.07) is 19.9. The Morgan fingerprint density at radius 1 is 0.873 bits per heavy atom. The Hall–Kier alpha value is -4.65. The first-order chi connectivity index (χ1) is 26.7. The van der Waals surface area contributed by atoms with Crippen molar-refractivity contribution in [1.29, 1.82) is 0 Å². The Labute approximate surface area is 328 Å². The number of halogens is 4. The molecule has 55 heavy (non-hydrogen) atoms. The third-order valence-electron chi connectivity index (χ3n) is 10.1. The summed E-state index contributed by atoms with van der Waals surface area (Å²) in [6.45, 7) is -0.375. The summed E-state index contributed by atoms with van der Waals surface area (Å²) in [6.07, 6.45) is 5.79. The van der Waals surface area contributed by atoms with Crippen LogP contribution in [0.15, 0.2) is 85.2 Å². The molecule has 1 aromatic heterocycles. The molecule has 1 saturated carbocycles. The number of esters is 2. The normalized spacial score (nSPS) is 20.0. The molecule has 290 valence electrons. The zero-order valence-electron chi connectivity index (χ0n) is 29.9. The Bertz CT molecular complexity index is 1930. The lowest BCUT2D eigenvalue weighted by molar-refractivity contribution is -0.160. The van der Waals surface area contributed by atoms with Crippen LogP contribution in [-0.4, -0.2) is 67.4 Å². The van der Waals surface area contributed by atoms with E-state index >= 15 is 0 Å². The largest absolute Gasteiger partial charge is 0.489 e. The van der Waals surface area contributed by atoms with E-state index in [1.165, 1.54) is 30.6 Å². The molecule has 3 saturated heterocycles. The minimum atomic E-state index is -3.06. The van der Waals surface area contributed by atoms with E-state index in [1.54, 1.807) is 24.3 Å². The highest BCUT2D eigenvalue weighted by Crippen LogP contribution is 2.38. The van der Waals surface area contributed by atoms with E-state index in [4.69, 9.17) is 46.9 Å². The number of nitrogens with zero attached hydrogens (tertiary/aromatic N) is 2. The molecule has 0 radical (unpaired) electrons. The molecule has 3 aliphatic heterocycles. The molecule has 3 atom stereocenters. The fraction of sp³-hybridized carbons (Fsp3) is 0.390. The van der Waals surface area contributed by atoms with Crippen LogP contribution in [0.4, 0.5) is 14.5 Å². The van der Waals surface area contributed by atoms with Gasteiger partial charge in [0.05, 0.1) is 16.7 Å². The number of rotatable bonds is 17. The van der Waals surface area contributed by atoms with Gasteiger partial charge in [0.15, 0.2) is 24.1 Å². The van der Waals surface area contributed by atoms with Crippen molar-refractivity contribution in [2.75, 3.05) is 38.2 Å². The minimum Gasteiger partial charge on any atom is -0.489 e. The van der Waals surface area contributed by atoms with Crippen LogP contribution in [0.25, 0.3) is 0 Å². The molecule has 0 amide bonds. The fourth-order valence-corrected chi connectivity index (χ4v) is 7.45. The van der Waals surface area contributed by atoms with Gasteiger partial charge < -0.3 is 29.0 Å². The number of fused-ring (bicyclic) bond motifs is 3. The molecule has 10 nitrogen and oxygen atoms in total. The number of ether oxygens (including phenoxy) is 5. The number of pyridine rings is 1. The van der Waals surface area contributed by atoms with E-state index in [0.29, 0.717) is 41.0 Å². The Kier molecular flexibility index (Phi) is 12.5. The number of alkyl halides is 2. The van der Waals surface area contributed by atoms with Gasteiger partial charge in [-0.15, -0.1) is 0 Å². The van der Waals surface area contributed by atoms with Crippen LogP contribution in [0.5, 0.6) is 17.2 Å². The molecule has 8 rings (SSSR count). The molecule has 1 unspecified atom stereocenters. The number of nitrogens with one attached hydrogen (secondary N) is 1. The van der Waals surface area contributed by atoms with E-state index in [-0.39, 0.29) is 40.0 Å². The monoisotopic (exact) mass is 795 g/mol. The maximum atomic E-state index is 13.7. The molecule has 4 heterocycles. The molecular weight excluding hydrogens is 755 g/mol. The number of carbonyl (C=O) groups is 2. The van der Waals surface area contributed by atoms with Gasteiger partial charge in [0.25, 0.3) is 0 Å². The van der Waals surface area contributed by atoms with E-state index in [1.807, 2.05) is 30.3 Å². The maximum absolute atomic E-state index is 13.7. The first-order valence-corrected chi connectivity index (χ1v) is 19.1. The van der Waals surface area contributed by atoms with Crippen LogP contribution >= 0.6 is 23.2 Å². The first-order valence-electron chi connectivity index (χ1n) is 18.3. The highest BCUT2D eigenvalue weighted by Gasteiger charge is 2.38. The van der Waals surface area contributed by atoms with Crippen LogP contribution in [0.1, 0.15) is 54.5 Å². The zero-order valence-corrected chi connectivity index (χ0v) is 31.4. The molecule has 1 aliphatic carbocycles. The van der Waals surface area contributed by atoms with E-state index < -0.39 is 31.3 Å². The number of hydrogen-bond donors (Lipinski definition) is 1. The quantitative estimate of drug-likeness (QED) is 0.105. The predicted molar refractivity (Wildman–Crippen MR) is 202 cm³/mol. The van der Waals surface area contributed by atoms with Crippen molar-refractivity contribution in [3.8, 4) is 17.2 Å². The summed E-state index contributed by atoms with van der Waals surface area (Å²) in [5.41, 5.74) is 2.24. The SMILES string of the molecule is O=C(COc1cccc(NC(C(=O)O[C@H]2CN3CCC2CC3)c2ccccc2)c1)O[C@@H](Cc1c(Cl)cncc1Cl)c1ccc(OC(F)F)c(OCC2CC2)c1. The van der Waals surface area contributed by atoms with Gasteiger partial charge in [-0.1, -0.05) is 65.7 Å². The van der Waals surface area contributed by atoms with Gasteiger partial charge in [-0.25, -0.2) is 9.59 Å². The number of carbonyl (C=O) groups excluding carboxylic acids is 2. The summed E-state index contributed by atoms with van der Waals surface area (Å²) in [5, 5.41) is 3.83. The Morgan fingerprint density at radius 2 is 1.64 bits per heavy atom. The molecule has 1 N–H and O–H groups in total. The van der Waals surface area contributed by atoms with Gasteiger partial charge in [0.1, 0.15) is 18.0 Å². The second kappa shape index (κ2) is 17.9. The second-order valence-electron chi connectivity index (χ2n) is 14.0. The zero-order chi connectivity index (χ0) is 38.3. The van der Waals surface area contributed by atoms with Crippen LogP contribution in [0, 0.1) is 11.8 Å². The molecule has 4 aliphatic rings. The van der Waals surface area contributed by atoms with Gasteiger partial charge in [0.2, 0.25) is 0 Å². The molecular formula is C41H41Cl2F2N3O7. The van der Waals surface area contributed by atoms with Crippen LogP contribution in [-0.2, 0) is 25.5 Å². The Balaban J connectivity index is 1.05. The molecule has 0 spiro atoms. The standard InChI is InChI=1S/C41H41Cl2F2N3O7/c42-32-20-46-21-33(43)31(32)19-35(28-11-12-34(55-41(44)45)36(17-28)52-23-25-9-10-25)53-38(49)24-51-30-8-4-7-29(18-30)47-39(27-5-2-1-3-6-27)40(50)54-37-22-48-15-13-26(37)14-16-48/h1-8,11-12,17-18,20-21,25-26,35,37,39,41,47H,9-10,13-16,19,22-24H2/t35-,37-,39?/m0/s1. The topological polar surface area (TPSA) is 108 Å². The lowest BCUT2D eigenvalue weighted by Gasteiger charge is -2.44. The second-order valence-corrected chi connectivity index (χ2v) is 14.8. The van der Waals surface area contributed by atoms with Gasteiger partial charge in [-0.2, -0.15) is 8.78 Å². The summed E-state index contributed by atoms with van der Waals surface area (Å²) >= 11 is 12.9. The van der Waals surface area contributed by atoms with E-state index in [9.17, 15) is 18.4 Å². The molecule has 14 heteroatoms. The van der Waals surface area contributed by atoms with Crippen molar-refractivity contribution < 1.29 is 42.1 Å². The van der Waals surface area contributed by atoms with Crippen molar-refractivity contribution in [2.45, 2.75) is 57.0 Å². The van der Waals surface area contributed by atoms with Crippen molar-refractivity contribution in [3.05, 3.63) is 112 Å². The lowest BCUT2D eigenvalue weighted by atomic mass is 9.86. The minimum absolute atomic E-state index is 0.0407. The number of piperidine rings is 3. The number of anilines is 1. The smallest absolute Gasteiger partial charge is 0.387 e. The van der Waals surface area contributed by atoms with Gasteiger partial charge in [-0.05, 0) is 91.6 Å². The third-order valence-corrected chi connectivity index (χ3v) is 10.7. The van der Waals surface area contributed by atoms with Crippen LogP contribution in [0.3, 0.4) is 0 Å². The third kappa shape index (κ3) is 10.4. The van der Waals surface area contributed by atoms with Crippen molar-refractivity contribution in [1.82, 2.24) is 9.88 Å². The number of hydrogen-bond acceptors (Lipinski definition) is 10. The Morgan fingerprint density at radius 3 is 2.33 bits per heavy atom. The summed E-state index contributed by atoms with van der Waals surface area (Å²) in [4.78, 5) is 33.4. The number of benzene rings is 3. The highest BCUT2D eigenvalue weighted by molar-refractivity contribution is 6.35. The average molecular weight is 797 g/mol. The average Bonchev–Trinajstić information content (AvgIpc) is 4.02. The molecule has 3 aromatic carbocycles. The van der Waals surface area contributed by atoms with Crippen molar-refractivity contribution >= 4 is 40.8 Å². The summed E-state index contributed by atoms with van der Waals surface area (Å²) in [5.74, 6) is -0.0774. The van der Waals surface area contributed by atoms with Crippen molar-refractivity contribution in [3.63, 3.8) is 0 Å². The lowest BCUT2D eigenvalue weighted by Crippen LogP contribution is -2.52. The highest BCUT2D eigenvalue weighted by atomic mass is 35.5. The van der Waals surface area contributed by atoms with Crippen LogP contribution < -0.4 is 19.5 Å². The molecule has 4 aromatic rings. The fourth-order valence-electron chi connectivity index (χ4n) is 6.93. The number of aromatic nitrogens is 1. The molecule has 2 bridgehead atoms. The van der Waals surface area contributed by atoms with Gasteiger partial charge >= 0.3 is 18.6 Å². The van der Waals surface area contributed by atoms with Gasteiger partial charge in [-0.3, -0.25) is 9.88 Å².